The number of methoxy groups -OCH3 is 1. The Labute approximate surface area is 179 Å². The predicted octanol–water partition coefficient (Wildman–Crippen LogP) is 4.14. The van der Waals surface area contributed by atoms with E-state index in [2.05, 4.69) is 16.4 Å². The molecule has 2 aromatic carbocycles. The highest BCUT2D eigenvalue weighted by Crippen LogP contribution is 2.42. The second-order valence-electron chi connectivity index (χ2n) is 6.67. The SMILES string of the molecule is COC(=O)CSC1=C(C#N)[C@@H](c2ccccc2)C(C(=O)Nc2ccccc2)C(C)=N1. The third-order valence-electron chi connectivity index (χ3n) is 4.76. The molecule has 1 amide bonds. The number of para-hydroxylation sites is 1. The molecule has 0 aromatic heterocycles. The van der Waals surface area contributed by atoms with Crippen molar-refractivity contribution in [1.29, 1.82) is 5.26 Å². The molecule has 0 aliphatic carbocycles. The number of hydrogen-bond donors (Lipinski definition) is 1. The van der Waals surface area contributed by atoms with E-state index in [9.17, 15) is 14.9 Å². The molecular formula is C23H21N3O3S. The van der Waals surface area contributed by atoms with Crippen LogP contribution in [-0.2, 0) is 14.3 Å². The van der Waals surface area contributed by atoms with Crippen LogP contribution >= 0.6 is 11.8 Å². The topological polar surface area (TPSA) is 91.5 Å². The molecule has 3 rings (SSSR count). The zero-order chi connectivity index (χ0) is 21.5. The summed E-state index contributed by atoms with van der Waals surface area (Å²) in [5.74, 6) is -1.75. The van der Waals surface area contributed by atoms with Gasteiger partial charge in [0, 0.05) is 17.3 Å². The molecule has 0 radical (unpaired) electrons. The van der Waals surface area contributed by atoms with E-state index >= 15 is 0 Å². The van der Waals surface area contributed by atoms with E-state index in [0.717, 1.165) is 17.3 Å². The van der Waals surface area contributed by atoms with Crippen molar-refractivity contribution in [3.05, 3.63) is 76.8 Å². The number of nitrogens with one attached hydrogen (secondary N) is 1. The van der Waals surface area contributed by atoms with Crippen LogP contribution in [0.1, 0.15) is 18.4 Å². The largest absolute Gasteiger partial charge is 0.468 e. The highest BCUT2D eigenvalue weighted by Gasteiger charge is 2.39. The zero-order valence-electron chi connectivity index (χ0n) is 16.7. The number of rotatable bonds is 6. The van der Waals surface area contributed by atoms with Crippen molar-refractivity contribution < 1.29 is 14.3 Å². The number of nitriles is 1. The number of hydrogen-bond acceptors (Lipinski definition) is 6. The second-order valence-corrected chi connectivity index (χ2v) is 7.63. The van der Waals surface area contributed by atoms with Gasteiger partial charge < -0.3 is 10.1 Å². The van der Waals surface area contributed by atoms with Gasteiger partial charge in [-0.15, -0.1) is 0 Å². The van der Waals surface area contributed by atoms with Gasteiger partial charge in [-0.05, 0) is 24.6 Å². The molecule has 1 N–H and O–H groups in total. The van der Waals surface area contributed by atoms with Crippen LogP contribution in [0, 0.1) is 17.2 Å². The van der Waals surface area contributed by atoms with Crippen molar-refractivity contribution in [3.63, 3.8) is 0 Å². The van der Waals surface area contributed by atoms with Crippen LogP contribution in [0.5, 0.6) is 0 Å². The summed E-state index contributed by atoms with van der Waals surface area (Å²) in [5, 5.41) is 13.3. The minimum absolute atomic E-state index is 0.0379. The number of carbonyl (C=O) groups is 2. The van der Waals surface area contributed by atoms with Gasteiger partial charge in [0.15, 0.2) is 0 Å². The van der Waals surface area contributed by atoms with Gasteiger partial charge in [-0.3, -0.25) is 9.59 Å². The average Bonchev–Trinajstić information content (AvgIpc) is 2.78. The maximum Gasteiger partial charge on any atom is 0.316 e. The lowest BCUT2D eigenvalue weighted by atomic mass is 9.77. The van der Waals surface area contributed by atoms with Crippen LogP contribution in [0.2, 0.25) is 0 Å². The Bertz CT molecular complexity index is 1030. The molecule has 0 spiro atoms. The van der Waals surface area contributed by atoms with E-state index in [1.807, 2.05) is 60.7 Å². The molecule has 152 valence electrons. The quantitative estimate of drug-likeness (QED) is 0.711. The molecule has 0 fully saturated rings. The van der Waals surface area contributed by atoms with Crippen LogP contribution < -0.4 is 5.32 Å². The van der Waals surface area contributed by atoms with Crippen molar-refractivity contribution in [1.82, 2.24) is 0 Å². The second kappa shape index (κ2) is 9.90. The number of nitrogens with zero attached hydrogens (tertiary/aromatic N) is 2. The molecule has 6 nitrogen and oxygen atoms in total. The number of ether oxygens (including phenoxy) is 1. The lowest BCUT2D eigenvalue weighted by molar-refractivity contribution is -0.137. The van der Waals surface area contributed by atoms with Crippen LogP contribution in [0.4, 0.5) is 5.69 Å². The standard InChI is InChI=1S/C23H21N3O3S/c1-15-20(22(28)26-17-11-7-4-8-12-17)21(16-9-5-3-6-10-16)18(13-24)23(25-15)30-14-19(27)29-2/h3-12,20-21H,14H2,1-2H3,(H,26,28)/t20?,21-/m1/s1. The average molecular weight is 420 g/mol. The molecule has 1 unspecified atom stereocenters. The Morgan fingerprint density at radius 2 is 1.77 bits per heavy atom. The molecule has 7 heteroatoms. The van der Waals surface area contributed by atoms with Gasteiger partial charge in [0.05, 0.1) is 30.4 Å². The van der Waals surface area contributed by atoms with Gasteiger partial charge in [-0.1, -0.05) is 60.3 Å². The smallest absolute Gasteiger partial charge is 0.316 e. The van der Waals surface area contributed by atoms with E-state index in [0.29, 0.717) is 22.0 Å². The Kier molecular flexibility index (Phi) is 7.04. The van der Waals surface area contributed by atoms with Gasteiger partial charge in [-0.25, -0.2) is 4.99 Å². The fraction of sp³-hybridized carbons (Fsp3) is 0.217. The first kappa shape index (κ1) is 21.3. The molecule has 2 atom stereocenters. The number of aliphatic imine (C=N–C) groups is 1. The van der Waals surface area contributed by atoms with Crippen molar-refractivity contribution in [2.24, 2.45) is 10.9 Å². The fourth-order valence-corrected chi connectivity index (χ4v) is 4.26. The van der Waals surface area contributed by atoms with Gasteiger partial charge in [0.2, 0.25) is 5.91 Å². The summed E-state index contributed by atoms with van der Waals surface area (Å²) in [7, 11) is 1.31. The van der Waals surface area contributed by atoms with E-state index in [1.54, 1.807) is 6.92 Å². The van der Waals surface area contributed by atoms with E-state index in [1.165, 1.54) is 7.11 Å². The van der Waals surface area contributed by atoms with Gasteiger partial charge in [0.25, 0.3) is 0 Å². The molecular weight excluding hydrogens is 398 g/mol. The molecule has 30 heavy (non-hydrogen) atoms. The summed E-state index contributed by atoms with van der Waals surface area (Å²) in [6.45, 7) is 1.78. The molecule has 1 heterocycles. The summed E-state index contributed by atoms with van der Waals surface area (Å²) in [5.41, 5.74) is 2.47. The third-order valence-corrected chi connectivity index (χ3v) is 5.72. The molecule has 0 saturated carbocycles. The fourth-order valence-electron chi connectivity index (χ4n) is 3.35. The Morgan fingerprint density at radius 3 is 2.37 bits per heavy atom. The number of benzene rings is 2. The number of anilines is 1. The summed E-state index contributed by atoms with van der Waals surface area (Å²) in [6.07, 6.45) is 0. The lowest BCUT2D eigenvalue weighted by Crippen LogP contribution is -2.36. The molecule has 1 aliphatic rings. The highest BCUT2D eigenvalue weighted by atomic mass is 32.2. The van der Waals surface area contributed by atoms with E-state index in [-0.39, 0.29) is 11.7 Å². The van der Waals surface area contributed by atoms with Crippen molar-refractivity contribution in [3.8, 4) is 6.07 Å². The first-order valence-corrected chi connectivity index (χ1v) is 10.3. The number of thioether (sulfide) groups is 1. The summed E-state index contributed by atoms with van der Waals surface area (Å²) in [4.78, 5) is 29.4. The number of amides is 1. The van der Waals surface area contributed by atoms with Crippen LogP contribution in [0.25, 0.3) is 0 Å². The molecule has 1 aliphatic heterocycles. The normalized spacial score (nSPS) is 18.2. The maximum atomic E-state index is 13.2. The Hall–Kier alpha value is -3.37. The number of esters is 1. The summed E-state index contributed by atoms with van der Waals surface area (Å²) >= 11 is 1.15. The van der Waals surface area contributed by atoms with Crippen molar-refractivity contribution >= 4 is 35.0 Å². The Balaban J connectivity index is 2.01. The maximum absolute atomic E-state index is 13.2. The van der Waals surface area contributed by atoms with E-state index in [4.69, 9.17) is 4.74 Å². The molecule has 0 bridgehead atoms. The molecule has 0 saturated heterocycles. The number of allylic oxidation sites excluding steroid dienone is 1. The molecule has 2 aromatic rings. The highest BCUT2D eigenvalue weighted by molar-refractivity contribution is 8.03. The Morgan fingerprint density at radius 1 is 1.13 bits per heavy atom. The third kappa shape index (κ3) is 4.78. The minimum atomic E-state index is -0.648. The van der Waals surface area contributed by atoms with E-state index < -0.39 is 17.8 Å². The van der Waals surface area contributed by atoms with Gasteiger partial charge in [0.1, 0.15) is 5.03 Å². The predicted molar refractivity (Wildman–Crippen MR) is 118 cm³/mol. The number of carbonyl (C=O) groups excluding carboxylic acids is 2. The van der Waals surface area contributed by atoms with Gasteiger partial charge >= 0.3 is 5.97 Å². The van der Waals surface area contributed by atoms with Crippen molar-refractivity contribution in [2.75, 3.05) is 18.2 Å². The first-order valence-electron chi connectivity index (χ1n) is 9.35. The monoisotopic (exact) mass is 419 g/mol. The lowest BCUT2D eigenvalue weighted by Gasteiger charge is -2.30. The minimum Gasteiger partial charge on any atom is -0.468 e. The zero-order valence-corrected chi connectivity index (χ0v) is 17.5. The van der Waals surface area contributed by atoms with Gasteiger partial charge in [-0.2, -0.15) is 5.26 Å². The van der Waals surface area contributed by atoms with Crippen LogP contribution in [-0.4, -0.2) is 30.5 Å². The van der Waals surface area contributed by atoms with Crippen molar-refractivity contribution in [2.45, 2.75) is 12.8 Å². The van der Waals surface area contributed by atoms with Crippen LogP contribution in [0.15, 0.2) is 76.3 Å². The summed E-state index contributed by atoms with van der Waals surface area (Å²) in [6, 6.07) is 20.8. The summed E-state index contributed by atoms with van der Waals surface area (Å²) < 4.78 is 4.70. The first-order chi connectivity index (χ1) is 14.5. The van der Waals surface area contributed by atoms with Crippen LogP contribution in [0.3, 0.4) is 0 Å².